The lowest BCUT2D eigenvalue weighted by Gasteiger charge is -2.17. The van der Waals surface area contributed by atoms with Crippen LogP contribution in [0.4, 0.5) is 5.82 Å². The van der Waals surface area contributed by atoms with Crippen LogP contribution in [0.15, 0.2) is 40.9 Å². The van der Waals surface area contributed by atoms with E-state index in [9.17, 15) is 0 Å². The number of nitrogens with zero attached hydrogens (tertiary/aromatic N) is 3. The predicted molar refractivity (Wildman–Crippen MR) is 82.1 cm³/mol. The van der Waals surface area contributed by atoms with Crippen molar-refractivity contribution in [1.29, 1.82) is 0 Å². The van der Waals surface area contributed by atoms with E-state index in [0.29, 0.717) is 6.54 Å². The monoisotopic (exact) mass is 320 g/mol. The molecule has 0 aliphatic carbocycles. The van der Waals surface area contributed by atoms with Crippen molar-refractivity contribution >= 4 is 21.7 Å². The van der Waals surface area contributed by atoms with E-state index in [4.69, 9.17) is 5.73 Å². The predicted octanol–water partition coefficient (Wildman–Crippen LogP) is 2.69. The maximum atomic E-state index is 5.50. The lowest BCUT2D eigenvalue weighted by atomic mass is 10.1. The SMILES string of the molecule is CN(CCCN)c1ccc(-c2ccccc2Br)nn1. The summed E-state index contributed by atoms with van der Waals surface area (Å²) in [6.07, 6.45) is 0.949. The average molecular weight is 321 g/mol. The third-order valence-corrected chi connectivity index (χ3v) is 3.58. The molecule has 0 aliphatic rings. The van der Waals surface area contributed by atoms with Crippen molar-refractivity contribution < 1.29 is 0 Å². The summed E-state index contributed by atoms with van der Waals surface area (Å²) >= 11 is 3.52. The first-order valence-corrected chi connectivity index (χ1v) is 7.01. The maximum absolute atomic E-state index is 5.50. The normalized spacial score (nSPS) is 10.5. The van der Waals surface area contributed by atoms with Crippen LogP contribution in [0.5, 0.6) is 0 Å². The summed E-state index contributed by atoms with van der Waals surface area (Å²) in [5.74, 6) is 0.865. The largest absolute Gasteiger partial charge is 0.358 e. The lowest BCUT2D eigenvalue weighted by Crippen LogP contribution is -2.22. The van der Waals surface area contributed by atoms with Crippen LogP contribution in [0, 0.1) is 0 Å². The molecule has 0 radical (unpaired) electrons. The summed E-state index contributed by atoms with van der Waals surface area (Å²) in [5.41, 5.74) is 7.42. The zero-order valence-corrected chi connectivity index (χ0v) is 12.5. The van der Waals surface area contributed by atoms with Gasteiger partial charge in [0, 0.05) is 23.6 Å². The zero-order valence-electron chi connectivity index (χ0n) is 10.9. The second-order valence-corrected chi connectivity index (χ2v) is 5.17. The molecule has 0 aliphatic heterocycles. The Kier molecular flexibility index (Phi) is 4.87. The smallest absolute Gasteiger partial charge is 0.151 e. The third-order valence-electron chi connectivity index (χ3n) is 2.89. The van der Waals surface area contributed by atoms with Gasteiger partial charge in [-0.2, -0.15) is 0 Å². The highest BCUT2D eigenvalue weighted by atomic mass is 79.9. The van der Waals surface area contributed by atoms with Gasteiger partial charge in [-0.3, -0.25) is 0 Å². The molecule has 2 rings (SSSR count). The molecular formula is C14H17BrN4. The molecule has 1 aromatic heterocycles. The number of hydrogen-bond acceptors (Lipinski definition) is 4. The van der Waals surface area contributed by atoms with Crippen LogP contribution in [-0.2, 0) is 0 Å². The van der Waals surface area contributed by atoms with Gasteiger partial charge in [0.1, 0.15) is 0 Å². The number of halogens is 1. The van der Waals surface area contributed by atoms with E-state index < -0.39 is 0 Å². The van der Waals surface area contributed by atoms with Crippen molar-refractivity contribution in [3.05, 3.63) is 40.9 Å². The molecule has 0 saturated heterocycles. The average Bonchev–Trinajstić information content (AvgIpc) is 2.45. The third kappa shape index (κ3) is 3.52. The highest BCUT2D eigenvalue weighted by molar-refractivity contribution is 9.10. The van der Waals surface area contributed by atoms with Crippen molar-refractivity contribution in [2.24, 2.45) is 5.73 Å². The molecule has 0 spiro atoms. The minimum absolute atomic E-state index is 0.687. The Bertz CT molecular complexity index is 527. The highest BCUT2D eigenvalue weighted by Gasteiger charge is 2.06. The van der Waals surface area contributed by atoms with Crippen LogP contribution in [0.3, 0.4) is 0 Å². The molecule has 19 heavy (non-hydrogen) atoms. The van der Waals surface area contributed by atoms with Crippen molar-refractivity contribution in [1.82, 2.24) is 10.2 Å². The van der Waals surface area contributed by atoms with Gasteiger partial charge < -0.3 is 10.6 Å². The van der Waals surface area contributed by atoms with E-state index in [1.807, 2.05) is 43.4 Å². The molecule has 1 aromatic carbocycles. The fraction of sp³-hybridized carbons (Fsp3) is 0.286. The summed E-state index contributed by atoms with van der Waals surface area (Å²) in [4.78, 5) is 2.06. The van der Waals surface area contributed by atoms with Gasteiger partial charge >= 0.3 is 0 Å². The summed E-state index contributed by atoms with van der Waals surface area (Å²) in [6, 6.07) is 12.0. The first-order chi connectivity index (χ1) is 9.22. The van der Waals surface area contributed by atoms with Crippen LogP contribution in [0.2, 0.25) is 0 Å². The molecule has 4 nitrogen and oxygen atoms in total. The molecule has 0 fully saturated rings. The van der Waals surface area contributed by atoms with Crippen molar-refractivity contribution in [2.75, 3.05) is 25.0 Å². The molecule has 100 valence electrons. The van der Waals surface area contributed by atoms with Gasteiger partial charge in [0.05, 0.1) is 5.69 Å². The minimum Gasteiger partial charge on any atom is -0.358 e. The molecule has 2 aromatic rings. The number of anilines is 1. The number of aromatic nitrogens is 2. The first kappa shape index (κ1) is 14.0. The highest BCUT2D eigenvalue weighted by Crippen LogP contribution is 2.26. The molecule has 0 atom stereocenters. The Labute approximate surface area is 121 Å². The number of rotatable bonds is 5. The van der Waals surface area contributed by atoms with Crippen LogP contribution in [-0.4, -0.2) is 30.3 Å². The Balaban J connectivity index is 2.17. The Morgan fingerprint density at radius 2 is 1.95 bits per heavy atom. The van der Waals surface area contributed by atoms with Crippen molar-refractivity contribution in [3.63, 3.8) is 0 Å². The Morgan fingerprint density at radius 3 is 2.58 bits per heavy atom. The van der Waals surface area contributed by atoms with Crippen LogP contribution in [0.1, 0.15) is 6.42 Å². The number of hydrogen-bond donors (Lipinski definition) is 1. The topological polar surface area (TPSA) is 55.0 Å². The van der Waals surface area contributed by atoms with Gasteiger partial charge in [0.15, 0.2) is 5.82 Å². The lowest BCUT2D eigenvalue weighted by molar-refractivity contribution is 0.778. The zero-order chi connectivity index (χ0) is 13.7. The minimum atomic E-state index is 0.687. The van der Waals surface area contributed by atoms with E-state index >= 15 is 0 Å². The van der Waals surface area contributed by atoms with Gasteiger partial charge in [-0.1, -0.05) is 34.1 Å². The van der Waals surface area contributed by atoms with Crippen LogP contribution >= 0.6 is 15.9 Å². The fourth-order valence-corrected chi connectivity index (χ4v) is 2.27. The van der Waals surface area contributed by atoms with Gasteiger partial charge in [-0.25, -0.2) is 0 Å². The molecule has 0 unspecified atom stereocenters. The maximum Gasteiger partial charge on any atom is 0.151 e. The standard InChI is InChI=1S/C14H17BrN4/c1-19(10-4-9-16)14-8-7-13(17-18-14)11-5-2-3-6-12(11)15/h2-3,5-8H,4,9-10,16H2,1H3. The van der Waals surface area contributed by atoms with E-state index in [1.165, 1.54) is 0 Å². The van der Waals surface area contributed by atoms with Crippen LogP contribution in [0.25, 0.3) is 11.3 Å². The van der Waals surface area contributed by atoms with E-state index in [-0.39, 0.29) is 0 Å². The molecule has 0 bridgehead atoms. The van der Waals surface area contributed by atoms with Gasteiger partial charge in [0.25, 0.3) is 0 Å². The van der Waals surface area contributed by atoms with Crippen molar-refractivity contribution in [2.45, 2.75) is 6.42 Å². The Hall–Kier alpha value is -1.46. The molecule has 0 amide bonds. The summed E-state index contributed by atoms with van der Waals surface area (Å²) in [7, 11) is 2.00. The van der Waals surface area contributed by atoms with Crippen LogP contribution < -0.4 is 10.6 Å². The molecular weight excluding hydrogens is 304 g/mol. The Morgan fingerprint density at radius 1 is 1.16 bits per heavy atom. The molecule has 5 heteroatoms. The number of benzene rings is 1. The summed E-state index contributed by atoms with van der Waals surface area (Å²) in [5, 5.41) is 8.55. The van der Waals surface area contributed by atoms with Gasteiger partial charge in [-0.05, 0) is 31.2 Å². The number of nitrogens with two attached hydrogens (primary N) is 1. The summed E-state index contributed by atoms with van der Waals surface area (Å²) < 4.78 is 1.02. The molecule has 2 N–H and O–H groups in total. The van der Waals surface area contributed by atoms with E-state index in [0.717, 1.165) is 34.5 Å². The first-order valence-electron chi connectivity index (χ1n) is 6.22. The van der Waals surface area contributed by atoms with E-state index in [2.05, 4.69) is 31.0 Å². The second kappa shape index (κ2) is 6.63. The summed E-state index contributed by atoms with van der Waals surface area (Å²) in [6.45, 7) is 1.58. The molecule has 0 saturated carbocycles. The quantitative estimate of drug-likeness (QED) is 0.920. The van der Waals surface area contributed by atoms with Crippen molar-refractivity contribution in [3.8, 4) is 11.3 Å². The fourth-order valence-electron chi connectivity index (χ4n) is 1.78. The molecule has 1 heterocycles. The van der Waals surface area contributed by atoms with E-state index in [1.54, 1.807) is 0 Å². The second-order valence-electron chi connectivity index (χ2n) is 4.32. The van der Waals surface area contributed by atoms with Gasteiger partial charge in [0.2, 0.25) is 0 Å². The van der Waals surface area contributed by atoms with Gasteiger partial charge in [-0.15, -0.1) is 10.2 Å².